The van der Waals surface area contributed by atoms with E-state index in [-0.39, 0.29) is 0 Å². The zero-order valence-corrected chi connectivity index (χ0v) is 15.5. The topological polar surface area (TPSA) is 116 Å². The smallest absolute Gasteiger partial charge is 0.261 e. The molecule has 7 heteroatoms. The molecule has 0 unspecified atom stereocenters. The fraction of sp³-hybridized carbons (Fsp3) is 0.318. The van der Waals surface area contributed by atoms with Crippen molar-refractivity contribution in [2.75, 3.05) is 10.6 Å². The minimum atomic E-state index is -2.02. The Morgan fingerprint density at radius 3 is 1.59 bits per heavy atom. The molecule has 0 bridgehead atoms. The lowest BCUT2D eigenvalue weighted by Gasteiger charge is -2.40. The van der Waals surface area contributed by atoms with Crippen molar-refractivity contribution in [3.63, 3.8) is 0 Å². The van der Waals surface area contributed by atoms with Crippen LogP contribution < -0.4 is 10.6 Å². The summed E-state index contributed by atoms with van der Waals surface area (Å²) in [5, 5.41) is 28.1. The number of rotatable bonds is 2. The van der Waals surface area contributed by atoms with Crippen molar-refractivity contribution in [3.8, 4) is 0 Å². The maximum Gasteiger partial charge on any atom is 0.261 e. The van der Waals surface area contributed by atoms with E-state index in [1.807, 2.05) is 0 Å². The summed E-state index contributed by atoms with van der Waals surface area (Å²) in [6, 6.07) is 13.4. The van der Waals surface area contributed by atoms with Crippen LogP contribution in [0.5, 0.6) is 0 Å². The molecule has 4 N–H and O–H groups in total. The van der Waals surface area contributed by atoms with Crippen LogP contribution in [0.4, 0.5) is 11.4 Å². The van der Waals surface area contributed by atoms with Crippen molar-refractivity contribution in [3.05, 3.63) is 59.7 Å². The average Bonchev–Trinajstić information content (AvgIpc) is 3.14. The van der Waals surface area contributed by atoms with E-state index in [9.17, 15) is 24.6 Å². The number of benzene rings is 2. The predicted octanol–water partition coefficient (Wildman–Crippen LogP) is 1.65. The van der Waals surface area contributed by atoms with E-state index in [4.69, 9.17) is 0 Å². The Hall–Kier alpha value is -3.03. The van der Waals surface area contributed by atoms with Crippen LogP contribution in [0.1, 0.15) is 30.4 Å². The molecule has 1 saturated carbocycles. The van der Waals surface area contributed by atoms with Gasteiger partial charge < -0.3 is 20.8 Å². The van der Waals surface area contributed by atoms with Gasteiger partial charge >= 0.3 is 0 Å². The third-order valence-corrected chi connectivity index (χ3v) is 6.55. The molecule has 2 aromatic carbocycles. The number of aliphatic hydroxyl groups is 2. The number of hydrogen-bond donors (Lipinski definition) is 4. The molecule has 7 nitrogen and oxygen atoms in total. The van der Waals surface area contributed by atoms with E-state index in [0.717, 1.165) is 0 Å². The number of carbonyl (C=O) groups is 3. The highest BCUT2D eigenvalue weighted by Crippen LogP contribution is 2.51. The highest BCUT2D eigenvalue weighted by molar-refractivity contribution is 6.11. The predicted molar refractivity (Wildman–Crippen MR) is 104 cm³/mol. The molecular formula is C22H20N2O5. The van der Waals surface area contributed by atoms with Gasteiger partial charge in [0, 0.05) is 22.5 Å². The first kappa shape index (κ1) is 18.0. The van der Waals surface area contributed by atoms with Crippen LogP contribution in [0.25, 0.3) is 0 Å². The number of fused-ring (bicyclic) bond motifs is 2. The fourth-order valence-corrected chi connectivity index (χ4v) is 5.10. The normalized spacial score (nSPS) is 33.1. The van der Waals surface area contributed by atoms with E-state index >= 15 is 0 Å². The minimum absolute atomic E-state index is 0.299. The molecule has 29 heavy (non-hydrogen) atoms. The largest absolute Gasteiger partial charge is 0.375 e. The zero-order valence-electron chi connectivity index (χ0n) is 15.5. The third kappa shape index (κ3) is 2.22. The van der Waals surface area contributed by atoms with Gasteiger partial charge in [-0.1, -0.05) is 42.8 Å². The average molecular weight is 392 g/mol. The molecule has 2 amide bonds. The first-order chi connectivity index (χ1) is 13.9. The molecule has 0 spiro atoms. The van der Waals surface area contributed by atoms with E-state index in [1.54, 1.807) is 48.5 Å². The number of amides is 2. The van der Waals surface area contributed by atoms with Crippen molar-refractivity contribution in [1.29, 1.82) is 0 Å². The standard InChI is InChI=1S/C22H20N2O5/c25-18-14(21(28)12-6-1-3-10-16(12)23-19(21)26)8-5-9-15(18)22(29)13-7-2-4-11-17(13)24-20(22)27/h1-4,6-7,10-11,14-15,28-29H,5,8-9H2,(H,23,26)(H,24,27)/t14-,15-,21+,22+/m1/s1. The Labute approximate surface area is 166 Å². The van der Waals surface area contributed by atoms with Gasteiger partial charge in [-0.15, -0.1) is 0 Å². The summed E-state index contributed by atoms with van der Waals surface area (Å²) >= 11 is 0. The molecule has 1 fully saturated rings. The quantitative estimate of drug-likeness (QED) is 0.620. The Morgan fingerprint density at radius 1 is 0.724 bits per heavy atom. The molecule has 3 aliphatic rings. The SMILES string of the molecule is O=C1[C@H]([C@]2(O)C(=O)Nc3ccccc32)CCC[C@H]1[C@]1(O)C(=O)Nc2ccccc21. The first-order valence-corrected chi connectivity index (χ1v) is 9.69. The van der Waals surface area contributed by atoms with Crippen LogP contribution in [0.15, 0.2) is 48.5 Å². The first-order valence-electron chi connectivity index (χ1n) is 9.69. The van der Waals surface area contributed by atoms with Crippen molar-refractivity contribution < 1.29 is 24.6 Å². The van der Waals surface area contributed by atoms with Gasteiger partial charge in [0.2, 0.25) is 0 Å². The Bertz CT molecular complexity index is 985. The molecule has 0 saturated heterocycles. The molecule has 0 radical (unpaired) electrons. The summed E-state index contributed by atoms with van der Waals surface area (Å²) in [6.07, 6.45) is 1.09. The van der Waals surface area contributed by atoms with E-state index in [1.165, 1.54) is 0 Å². The molecule has 5 rings (SSSR count). The van der Waals surface area contributed by atoms with Gasteiger partial charge in [-0.05, 0) is 25.0 Å². The number of Topliss-reactive ketones (excluding diaryl/α,β-unsaturated/α-hetero) is 1. The second-order valence-electron chi connectivity index (χ2n) is 7.97. The highest BCUT2D eigenvalue weighted by Gasteiger charge is 2.61. The van der Waals surface area contributed by atoms with Crippen LogP contribution >= 0.6 is 0 Å². The summed E-state index contributed by atoms with van der Waals surface area (Å²) in [5.41, 5.74) is -2.39. The second kappa shape index (κ2) is 5.98. The molecule has 148 valence electrons. The number of ketones is 1. The summed E-state index contributed by atoms with van der Waals surface area (Å²) in [4.78, 5) is 39.0. The maximum atomic E-state index is 13.5. The van der Waals surface area contributed by atoms with E-state index < -0.39 is 40.6 Å². The summed E-state index contributed by atoms with van der Waals surface area (Å²) in [5.74, 6) is -3.87. The lowest BCUT2D eigenvalue weighted by Crippen LogP contribution is -2.54. The summed E-state index contributed by atoms with van der Waals surface area (Å²) < 4.78 is 0. The maximum absolute atomic E-state index is 13.5. The lowest BCUT2D eigenvalue weighted by atomic mass is 9.64. The van der Waals surface area contributed by atoms with E-state index in [2.05, 4.69) is 10.6 Å². The van der Waals surface area contributed by atoms with Gasteiger partial charge in [0.1, 0.15) is 5.78 Å². The van der Waals surface area contributed by atoms with Gasteiger partial charge in [-0.3, -0.25) is 14.4 Å². The zero-order chi connectivity index (χ0) is 20.4. The minimum Gasteiger partial charge on any atom is -0.375 e. The van der Waals surface area contributed by atoms with Crippen molar-refractivity contribution >= 4 is 29.0 Å². The highest BCUT2D eigenvalue weighted by atomic mass is 16.3. The van der Waals surface area contributed by atoms with Gasteiger partial charge in [-0.25, -0.2) is 0 Å². The van der Waals surface area contributed by atoms with Crippen LogP contribution in [0.3, 0.4) is 0 Å². The molecule has 4 atom stereocenters. The molecule has 2 aliphatic heterocycles. The monoisotopic (exact) mass is 392 g/mol. The third-order valence-electron chi connectivity index (χ3n) is 6.55. The van der Waals surface area contributed by atoms with Gasteiger partial charge in [0.05, 0.1) is 11.8 Å². The van der Waals surface area contributed by atoms with Crippen LogP contribution in [-0.4, -0.2) is 27.8 Å². The van der Waals surface area contributed by atoms with Crippen molar-refractivity contribution in [2.45, 2.75) is 30.5 Å². The number of anilines is 2. The Balaban J connectivity index is 1.58. The van der Waals surface area contributed by atoms with E-state index in [0.29, 0.717) is 41.8 Å². The molecule has 1 aliphatic carbocycles. The molecule has 2 heterocycles. The van der Waals surface area contributed by atoms with Gasteiger partial charge in [0.15, 0.2) is 11.2 Å². The number of para-hydroxylation sites is 2. The number of carbonyl (C=O) groups excluding carboxylic acids is 3. The molecule has 2 aromatic rings. The number of nitrogens with one attached hydrogen (secondary N) is 2. The van der Waals surface area contributed by atoms with Crippen LogP contribution in [0, 0.1) is 11.8 Å². The van der Waals surface area contributed by atoms with Gasteiger partial charge in [0.25, 0.3) is 11.8 Å². The summed E-state index contributed by atoms with van der Waals surface area (Å²) in [7, 11) is 0. The van der Waals surface area contributed by atoms with Crippen LogP contribution in [-0.2, 0) is 25.6 Å². The number of hydrogen-bond acceptors (Lipinski definition) is 5. The van der Waals surface area contributed by atoms with Crippen LogP contribution in [0.2, 0.25) is 0 Å². The fourth-order valence-electron chi connectivity index (χ4n) is 5.10. The molecular weight excluding hydrogens is 372 g/mol. The van der Waals surface area contributed by atoms with Gasteiger partial charge in [-0.2, -0.15) is 0 Å². The summed E-state index contributed by atoms with van der Waals surface area (Å²) in [6.45, 7) is 0. The Morgan fingerprint density at radius 2 is 1.14 bits per heavy atom. The molecule has 0 aromatic heterocycles. The lowest BCUT2D eigenvalue weighted by molar-refractivity contribution is -0.164. The van der Waals surface area contributed by atoms with Crippen molar-refractivity contribution in [2.24, 2.45) is 11.8 Å². The Kier molecular flexibility index (Phi) is 3.72. The second-order valence-corrected chi connectivity index (χ2v) is 7.97. The van der Waals surface area contributed by atoms with Crippen molar-refractivity contribution in [1.82, 2.24) is 0 Å².